The van der Waals surface area contributed by atoms with Gasteiger partial charge in [0.2, 0.25) is 5.72 Å². The molecular formula is C9H12N2O4. The van der Waals surface area contributed by atoms with E-state index in [1.165, 1.54) is 5.06 Å². The van der Waals surface area contributed by atoms with E-state index in [9.17, 15) is 9.59 Å². The van der Waals surface area contributed by atoms with E-state index in [0.717, 1.165) is 19.4 Å². The molecular weight excluding hydrogens is 200 g/mol. The number of hydrogen-bond acceptors (Lipinski definition) is 6. The normalized spacial score (nSPS) is 40.4. The number of nitrogens with zero attached hydrogens (tertiary/aromatic N) is 1. The minimum Gasteiger partial charge on any atom is -0.430 e. The topological polar surface area (TPSA) is 67.9 Å². The summed E-state index contributed by atoms with van der Waals surface area (Å²) in [6.07, 6.45) is 1.95. The van der Waals surface area contributed by atoms with Crippen molar-refractivity contribution in [1.29, 1.82) is 0 Å². The highest BCUT2D eigenvalue weighted by Gasteiger charge is 2.58. The molecule has 3 fully saturated rings. The van der Waals surface area contributed by atoms with E-state index in [4.69, 9.17) is 9.57 Å². The largest absolute Gasteiger partial charge is 0.436 e. The monoisotopic (exact) mass is 212 g/mol. The predicted molar refractivity (Wildman–Crippen MR) is 47.2 cm³/mol. The second-order valence-electron chi connectivity index (χ2n) is 4.19. The third-order valence-electron chi connectivity index (χ3n) is 3.37. The van der Waals surface area contributed by atoms with Crippen LogP contribution < -0.4 is 5.32 Å². The van der Waals surface area contributed by atoms with Gasteiger partial charge in [-0.05, 0) is 12.8 Å². The molecule has 0 radical (unpaired) electrons. The molecule has 0 saturated carbocycles. The molecule has 0 aliphatic carbocycles. The zero-order valence-electron chi connectivity index (χ0n) is 8.19. The van der Waals surface area contributed by atoms with Crippen LogP contribution >= 0.6 is 0 Å². The van der Waals surface area contributed by atoms with Gasteiger partial charge in [0, 0.05) is 19.0 Å². The average molecular weight is 212 g/mol. The summed E-state index contributed by atoms with van der Waals surface area (Å²) in [5.74, 6) is -1.56. The third-order valence-corrected chi connectivity index (χ3v) is 3.37. The van der Waals surface area contributed by atoms with Crippen molar-refractivity contribution >= 4 is 11.9 Å². The maximum absolute atomic E-state index is 11.2. The van der Waals surface area contributed by atoms with Crippen molar-refractivity contribution in [2.24, 2.45) is 5.92 Å². The smallest absolute Gasteiger partial charge is 0.430 e. The number of carbonyl (C=O) groups is 2. The van der Waals surface area contributed by atoms with Crippen molar-refractivity contribution in [3.63, 3.8) is 0 Å². The second kappa shape index (κ2) is 2.93. The number of hydroxylamine groups is 2. The van der Waals surface area contributed by atoms with E-state index in [0.29, 0.717) is 13.1 Å². The van der Waals surface area contributed by atoms with Gasteiger partial charge in [-0.1, -0.05) is 5.06 Å². The van der Waals surface area contributed by atoms with Gasteiger partial charge in [0.25, 0.3) is 0 Å². The molecule has 3 heterocycles. The first-order valence-corrected chi connectivity index (χ1v) is 5.16. The fourth-order valence-corrected chi connectivity index (χ4v) is 2.65. The Morgan fingerprint density at radius 2 is 2.27 bits per heavy atom. The maximum atomic E-state index is 11.2. The van der Waals surface area contributed by atoms with Crippen LogP contribution in [0.25, 0.3) is 0 Å². The molecule has 0 aromatic rings. The molecule has 2 atom stereocenters. The Morgan fingerprint density at radius 1 is 1.40 bits per heavy atom. The van der Waals surface area contributed by atoms with E-state index in [1.807, 2.05) is 0 Å². The summed E-state index contributed by atoms with van der Waals surface area (Å²) >= 11 is 0. The average Bonchev–Trinajstić information content (AvgIpc) is 2.61. The molecule has 0 aromatic heterocycles. The number of rotatable bonds is 0. The van der Waals surface area contributed by atoms with Crippen LogP contribution in [0.4, 0.5) is 0 Å². The molecule has 3 saturated heterocycles. The number of hydrogen-bond donors (Lipinski definition) is 1. The summed E-state index contributed by atoms with van der Waals surface area (Å²) in [6.45, 7) is 1.98. The van der Waals surface area contributed by atoms with Crippen LogP contribution in [0, 0.1) is 5.92 Å². The molecule has 3 aliphatic rings. The van der Waals surface area contributed by atoms with Gasteiger partial charge in [0.05, 0.1) is 6.54 Å². The van der Waals surface area contributed by atoms with Gasteiger partial charge in [-0.25, -0.2) is 9.59 Å². The van der Waals surface area contributed by atoms with E-state index >= 15 is 0 Å². The van der Waals surface area contributed by atoms with Crippen molar-refractivity contribution < 1.29 is 19.2 Å². The minimum atomic E-state index is -0.909. The fraction of sp³-hybridized carbons (Fsp3) is 0.778. The summed E-state index contributed by atoms with van der Waals surface area (Å²) in [6, 6.07) is 0. The molecule has 0 amide bonds. The Labute approximate surface area is 86.5 Å². The van der Waals surface area contributed by atoms with E-state index < -0.39 is 17.7 Å². The summed E-state index contributed by atoms with van der Waals surface area (Å²) in [5, 5.41) is 4.71. The summed E-state index contributed by atoms with van der Waals surface area (Å²) < 4.78 is 5.26. The van der Waals surface area contributed by atoms with Crippen molar-refractivity contribution in [3.05, 3.63) is 0 Å². The first-order chi connectivity index (χ1) is 7.22. The second-order valence-corrected chi connectivity index (χ2v) is 4.19. The molecule has 0 bridgehead atoms. The number of carbonyl (C=O) groups excluding carboxylic acids is 2. The Kier molecular flexibility index (Phi) is 1.78. The van der Waals surface area contributed by atoms with Crippen LogP contribution in [-0.4, -0.2) is 42.4 Å². The molecule has 1 N–H and O–H groups in total. The highest BCUT2D eigenvalue weighted by molar-refractivity contribution is 6.30. The molecule has 3 aliphatic heterocycles. The van der Waals surface area contributed by atoms with Crippen molar-refractivity contribution in [2.75, 3.05) is 19.6 Å². The van der Waals surface area contributed by atoms with Crippen molar-refractivity contribution in [3.8, 4) is 0 Å². The first-order valence-electron chi connectivity index (χ1n) is 5.16. The van der Waals surface area contributed by atoms with Crippen LogP contribution in [0.2, 0.25) is 0 Å². The van der Waals surface area contributed by atoms with Crippen molar-refractivity contribution in [1.82, 2.24) is 10.4 Å². The van der Waals surface area contributed by atoms with Crippen LogP contribution in [0.5, 0.6) is 0 Å². The van der Waals surface area contributed by atoms with Gasteiger partial charge in [-0.15, -0.1) is 0 Å². The van der Waals surface area contributed by atoms with Crippen molar-refractivity contribution in [2.45, 2.75) is 18.6 Å². The van der Waals surface area contributed by atoms with E-state index in [1.54, 1.807) is 0 Å². The van der Waals surface area contributed by atoms with Crippen LogP contribution in [0.15, 0.2) is 0 Å². The lowest BCUT2D eigenvalue weighted by atomic mass is 9.89. The van der Waals surface area contributed by atoms with Crippen LogP contribution in [-0.2, 0) is 19.2 Å². The van der Waals surface area contributed by atoms with Gasteiger partial charge in [0.1, 0.15) is 0 Å². The maximum Gasteiger partial charge on any atom is 0.436 e. The van der Waals surface area contributed by atoms with E-state index in [-0.39, 0.29) is 5.92 Å². The standard InChI is InChI=1S/C9H12N2O4/c12-7-8(13)15-11-3-1-2-6-4-10-5-9(6,11)14-7/h6,10H,1-5H2/t6-,9+/m0/s1. The SMILES string of the molecule is O=C1ON2CCC[C@H]3CNC[C@@]32OC1=O. The quantitative estimate of drug-likeness (QED) is 0.411. The van der Waals surface area contributed by atoms with Gasteiger partial charge in [-0.3, -0.25) is 0 Å². The summed E-state index contributed by atoms with van der Waals surface area (Å²) in [5.41, 5.74) is -0.733. The molecule has 15 heavy (non-hydrogen) atoms. The summed E-state index contributed by atoms with van der Waals surface area (Å²) in [4.78, 5) is 27.3. The minimum absolute atomic E-state index is 0.225. The number of esters is 1. The van der Waals surface area contributed by atoms with Gasteiger partial charge in [-0.2, -0.15) is 0 Å². The highest BCUT2D eigenvalue weighted by atomic mass is 16.8. The lowest BCUT2D eigenvalue weighted by Gasteiger charge is -2.46. The van der Waals surface area contributed by atoms with Gasteiger partial charge < -0.3 is 14.9 Å². The van der Waals surface area contributed by atoms with Gasteiger partial charge in [0.15, 0.2) is 0 Å². The highest BCUT2D eigenvalue weighted by Crippen LogP contribution is 2.39. The molecule has 82 valence electrons. The Hall–Kier alpha value is -1.14. The fourth-order valence-electron chi connectivity index (χ4n) is 2.65. The predicted octanol–water partition coefficient (Wildman–Crippen LogP) is -0.987. The van der Waals surface area contributed by atoms with Gasteiger partial charge >= 0.3 is 11.9 Å². The zero-order chi connectivity index (χ0) is 10.5. The number of ether oxygens (including phenoxy) is 1. The van der Waals surface area contributed by atoms with E-state index in [2.05, 4.69) is 5.32 Å². The summed E-state index contributed by atoms with van der Waals surface area (Å²) in [7, 11) is 0. The van der Waals surface area contributed by atoms with Crippen LogP contribution in [0.3, 0.4) is 0 Å². The zero-order valence-corrected chi connectivity index (χ0v) is 8.19. The lowest BCUT2D eigenvalue weighted by Crippen LogP contribution is -2.64. The Balaban J connectivity index is 1.95. The first kappa shape index (κ1) is 9.11. The molecule has 1 spiro atoms. The lowest BCUT2D eigenvalue weighted by molar-refractivity contribution is -0.321. The molecule has 0 unspecified atom stereocenters. The third kappa shape index (κ3) is 1.12. The number of piperidine rings is 1. The Bertz CT molecular complexity index is 332. The Morgan fingerprint density at radius 3 is 3.13 bits per heavy atom. The molecule has 0 aromatic carbocycles. The molecule has 3 rings (SSSR count). The molecule has 6 heteroatoms. The van der Waals surface area contributed by atoms with Crippen LogP contribution in [0.1, 0.15) is 12.8 Å². The number of nitrogens with one attached hydrogen (secondary N) is 1. The molecule has 6 nitrogen and oxygen atoms in total.